The third-order valence-electron chi connectivity index (χ3n) is 4.11. The average molecular weight is 463 g/mol. The van der Waals surface area contributed by atoms with Crippen LogP contribution in [0.4, 0.5) is 11.6 Å². The number of halogens is 1. The number of hydrogen-bond donors (Lipinski definition) is 2. The Kier molecular flexibility index (Phi) is 8.07. The van der Waals surface area contributed by atoms with Gasteiger partial charge in [0.2, 0.25) is 11.8 Å². The Morgan fingerprint density at radius 2 is 2.17 bits per heavy atom. The van der Waals surface area contributed by atoms with Crippen molar-refractivity contribution in [3.05, 3.63) is 34.9 Å². The fourth-order valence-electron chi connectivity index (χ4n) is 2.74. The van der Waals surface area contributed by atoms with Crippen LogP contribution in [0, 0.1) is 12.3 Å². The smallest absolute Gasteiger partial charge is 0.233 e. The van der Waals surface area contributed by atoms with E-state index in [0.717, 1.165) is 18.8 Å². The van der Waals surface area contributed by atoms with Crippen LogP contribution in [0.3, 0.4) is 0 Å². The molecule has 1 aromatic heterocycles. The number of anilines is 2. The maximum Gasteiger partial charge on any atom is 0.233 e. The molecule has 1 aliphatic rings. The molecule has 2 heterocycles. The molecular weight excluding hydrogens is 440 g/mol. The summed E-state index contributed by atoms with van der Waals surface area (Å²) in [6.07, 6.45) is 6.23. The van der Waals surface area contributed by atoms with E-state index in [1.807, 2.05) is 24.3 Å². The van der Waals surface area contributed by atoms with E-state index in [0.29, 0.717) is 41.8 Å². The molecule has 2 aromatic rings. The van der Waals surface area contributed by atoms with Gasteiger partial charge in [-0.25, -0.2) is 4.98 Å². The highest BCUT2D eigenvalue weighted by Crippen LogP contribution is 2.25. The number of terminal acetylenes is 1. The average Bonchev–Trinajstić information content (AvgIpc) is 2.74. The summed E-state index contributed by atoms with van der Waals surface area (Å²) in [5, 5.41) is 13.3. The number of hydrogen-bond acceptors (Lipinski definition) is 8. The van der Waals surface area contributed by atoms with Gasteiger partial charge in [0.05, 0.1) is 23.9 Å². The van der Waals surface area contributed by atoms with Gasteiger partial charge in [0.15, 0.2) is 6.61 Å². The van der Waals surface area contributed by atoms with Gasteiger partial charge in [-0.15, -0.1) is 6.42 Å². The molecule has 1 fully saturated rings. The molecule has 3 rings (SSSR count). The second-order valence-corrected chi connectivity index (χ2v) is 7.22. The summed E-state index contributed by atoms with van der Waals surface area (Å²) in [6, 6.07) is 7.36. The van der Waals surface area contributed by atoms with Crippen LogP contribution < -0.4 is 14.8 Å². The zero-order valence-electron chi connectivity index (χ0n) is 15.9. The third kappa shape index (κ3) is 6.87. The lowest BCUT2D eigenvalue weighted by Crippen LogP contribution is -2.42. The van der Waals surface area contributed by atoms with E-state index in [2.05, 4.69) is 42.0 Å². The van der Waals surface area contributed by atoms with E-state index < -0.39 is 6.10 Å². The predicted molar refractivity (Wildman–Crippen MR) is 113 cm³/mol. The summed E-state index contributed by atoms with van der Waals surface area (Å²) in [4.78, 5) is 10.7. The highest BCUT2D eigenvalue weighted by Gasteiger charge is 2.15. The maximum absolute atomic E-state index is 10.2. The second-order valence-electron chi connectivity index (χ2n) is 6.37. The van der Waals surface area contributed by atoms with Crippen LogP contribution in [0.5, 0.6) is 11.6 Å². The van der Waals surface area contributed by atoms with E-state index in [1.54, 1.807) is 6.20 Å². The van der Waals surface area contributed by atoms with Crippen LogP contribution in [0.25, 0.3) is 0 Å². The minimum Gasteiger partial charge on any atom is -0.491 e. The number of aliphatic hydroxyl groups excluding tert-OH is 1. The summed E-state index contributed by atoms with van der Waals surface area (Å²) in [5.74, 6) is 3.76. The Morgan fingerprint density at radius 1 is 1.34 bits per heavy atom. The Hall–Kier alpha value is -2.38. The number of morpholine rings is 1. The number of ether oxygens (including phenoxy) is 3. The van der Waals surface area contributed by atoms with E-state index in [9.17, 15) is 5.11 Å². The summed E-state index contributed by atoms with van der Waals surface area (Å²) < 4.78 is 17.0. The van der Waals surface area contributed by atoms with Crippen molar-refractivity contribution in [2.45, 2.75) is 6.10 Å². The van der Waals surface area contributed by atoms with Gasteiger partial charge in [-0.2, -0.15) is 4.98 Å². The first-order chi connectivity index (χ1) is 14.1. The first-order valence-corrected chi connectivity index (χ1v) is 10.00. The third-order valence-corrected chi connectivity index (χ3v) is 4.65. The number of aliphatic hydroxyl groups is 1. The van der Waals surface area contributed by atoms with Gasteiger partial charge >= 0.3 is 0 Å². The lowest BCUT2D eigenvalue weighted by atomic mass is 10.3. The first-order valence-electron chi connectivity index (χ1n) is 9.21. The van der Waals surface area contributed by atoms with Crippen molar-refractivity contribution >= 4 is 27.6 Å². The molecule has 0 radical (unpaired) electrons. The lowest BCUT2D eigenvalue weighted by Gasteiger charge is -2.28. The van der Waals surface area contributed by atoms with Gasteiger partial charge in [0, 0.05) is 31.4 Å². The van der Waals surface area contributed by atoms with Gasteiger partial charge in [-0.05, 0) is 28.1 Å². The van der Waals surface area contributed by atoms with Gasteiger partial charge in [0.1, 0.15) is 18.5 Å². The van der Waals surface area contributed by atoms with Gasteiger partial charge in [0.25, 0.3) is 0 Å². The van der Waals surface area contributed by atoms with Crippen LogP contribution in [0.2, 0.25) is 0 Å². The molecule has 0 bridgehead atoms. The fourth-order valence-corrected chi connectivity index (χ4v) is 3.05. The van der Waals surface area contributed by atoms with Crippen molar-refractivity contribution < 1.29 is 19.3 Å². The number of rotatable bonds is 9. The number of nitrogens with zero attached hydrogens (tertiary/aromatic N) is 3. The molecule has 1 unspecified atom stereocenters. The van der Waals surface area contributed by atoms with Crippen molar-refractivity contribution in [1.29, 1.82) is 0 Å². The molecule has 1 atom stereocenters. The summed E-state index contributed by atoms with van der Waals surface area (Å²) >= 11 is 3.33. The van der Waals surface area contributed by atoms with Crippen LogP contribution in [0.1, 0.15) is 0 Å². The normalized spacial score (nSPS) is 15.3. The molecule has 0 amide bonds. The van der Waals surface area contributed by atoms with Crippen molar-refractivity contribution in [1.82, 2.24) is 14.9 Å². The van der Waals surface area contributed by atoms with E-state index >= 15 is 0 Å². The highest BCUT2D eigenvalue weighted by molar-refractivity contribution is 9.10. The fraction of sp³-hybridized carbons (Fsp3) is 0.400. The molecule has 2 N–H and O–H groups in total. The maximum atomic E-state index is 10.2. The summed E-state index contributed by atoms with van der Waals surface area (Å²) in [6.45, 7) is 3.95. The minimum absolute atomic E-state index is 0.116. The molecule has 0 aliphatic carbocycles. The number of nitrogens with one attached hydrogen (secondary N) is 1. The van der Waals surface area contributed by atoms with Crippen LogP contribution in [-0.4, -0.2) is 72.1 Å². The molecule has 1 aromatic carbocycles. The zero-order chi connectivity index (χ0) is 20.5. The zero-order valence-corrected chi connectivity index (χ0v) is 17.5. The monoisotopic (exact) mass is 462 g/mol. The second kappa shape index (κ2) is 11.0. The number of benzene rings is 1. The lowest BCUT2D eigenvalue weighted by molar-refractivity contribution is 0.00466. The van der Waals surface area contributed by atoms with E-state index in [4.69, 9.17) is 20.6 Å². The summed E-state index contributed by atoms with van der Waals surface area (Å²) in [7, 11) is 0. The topological polar surface area (TPSA) is 89.0 Å². The first kappa shape index (κ1) is 21.3. The quantitative estimate of drug-likeness (QED) is 0.547. The van der Waals surface area contributed by atoms with Crippen molar-refractivity contribution in [3.63, 3.8) is 0 Å². The van der Waals surface area contributed by atoms with Crippen molar-refractivity contribution in [3.8, 4) is 24.0 Å². The molecule has 154 valence electrons. The Morgan fingerprint density at radius 3 is 2.97 bits per heavy atom. The molecule has 29 heavy (non-hydrogen) atoms. The standard InChI is InChI=1S/C20H23BrN4O4/c1-2-8-28-19-18(21)12-22-20(24-19)23-15-4-3-5-17(11-15)29-14-16(26)13-25-6-9-27-10-7-25/h1,3-5,11-12,16,26H,6-10,13-14H2,(H,22,23,24). The van der Waals surface area contributed by atoms with E-state index in [-0.39, 0.29) is 13.2 Å². The van der Waals surface area contributed by atoms with Crippen molar-refractivity contribution in [2.75, 3.05) is 51.4 Å². The Balaban J connectivity index is 1.54. The van der Waals surface area contributed by atoms with Crippen LogP contribution >= 0.6 is 15.9 Å². The van der Waals surface area contributed by atoms with Gasteiger partial charge < -0.3 is 24.6 Å². The molecule has 0 spiro atoms. The predicted octanol–water partition coefficient (Wildman–Crippen LogP) is 2.07. The van der Waals surface area contributed by atoms with E-state index in [1.165, 1.54) is 0 Å². The highest BCUT2D eigenvalue weighted by atomic mass is 79.9. The summed E-state index contributed by atoms with van der Waals surface area (Å²) in [5.41, 5.74) is 0.746. The molecule has 8 nitrogen and oxygen atoms in total. The largest absolute Gasteiger partial charge is 0.491 e. The molecule has 1 saturated heterocycles. The Labute approximate surface area is 178 Å². The Bertz CT molecular complexity index is 839. The van der Waals surface area contributed by atoms with Gasteiger partial charge in [-0.3, -0.25) is 4.90 Å². The molecule has 0 saturated carbocycles. The molecule has 9 heteroatoms. The van der Waals surface area contributed by atoms with Crippen LogP contribution in [-0.2, 0) is 4.74 Å². The minimum atomic E-state index is -0.574. The van der Waals surface area contributed by atoms with Gasteiger partial charge in [-0.1, -0.05) is 12.0 Å². The number of β-amino-alcohol motifs (C(OH)–C–C–N with tert-alkyl or cyclic N) is 1. The molecular formula is C20H23BrN4O4. The number of aromatic nitrogens is 2. The van der Waals surface area contributed by atoms with Crippen LogP contribution in [0.15, 0.2) is 34.9 Å². The van der Waals surface area contributed by atoms with Crippen molar-refractivity contribution in [2.24, 2.45) is 0 Å². The molecule has 1 aliphatic heterocycles. The SMILES string of the molecule is C#CCOc1nc(Nc2cccc(OCC(O)CN3CCOCC3)c2)ncc1Br.